The fourth-order valence-corrected chi connectivity index (χ4v) is 1.52. The van der Waals surface area contributed by atoms with E-state index in [0.717, 1.165) is 18.5 Å². The molecule has 0 fully saturated rings. The van der Waals surface area contributed by atoms with E-state index < -0.39 is 0 Å². The number of carbonyl (C=O) groups excluding carboxylic acids is 1. The van der Waals surface area contributed by atoms with Crippen LogP contribution in [0.4, 0.5) is 5.69 Å². The maximum atomic E-state index is 11.2. The average molecular weight is 226 g/mol. The molecule has 1 amide bonds. The van der Waals surface area contributed by atoms with E-state index in [1.165, 1.54) is 5.56 Å². The van der Waals surface area contributed by atoms with Gasteiger partial charge in [0.05, 0.1) is 0 Å². The van der Waals surface area contributed by atoms with Gasteiger partial charge in [0.25, 0.3) is 0 Å². The number of halogens is 1. The highest BCUT2D eigenvalue weighted by molar-refractivity contribution is 6.19. The molecule has 3 heteroatoms. The summed E-state index contributed by atoms with van der Waals surface area (Å²) in [7, 11) is 0. The number of amides is 1. The van der Waals surface area contributed by atoms with Crippen molar-refractivity contribution in [2.75, 3.05) is 11.2 Å². The van der Waals surface area contributed by atoms with Crippen LogP contribution in [0.5, 0.6) is 0 Å². The lowest BCUT2D eigenvalue weighted by Gasteiger charge is -2.05. The monoisotopic (exact) mass is 225 g/mol. The van der Waals surface area contributed by atoms with E-state index in [-0.39, 0.29) is 5.91 Å². The van der Waals surface area contributed by atoms with Crippen molar-refractivity contribution >= 4 is 23.2 Å². The molecule has 15 heavy (non-hydrogen) atoms. The quantitative estimate of drug-likeness (QED) is 0.767. The molecule has 0 spiro atoms. The lowest BCUT2D eigenvalue weighted by Crippen LogP contribution is -2.11. The first-order valence-electron chi connectivity index (χ1n) is 5.21. The number of rotatable bonds is 5. The molecule has 0 atom stereocenters. The van der Waals surface area contributed by atoms with E-state index in [1.54, 1.807) is 0 Å². The standard InChI is InChI=1S/C12H16ClNO/c1-2-3-10-4-6-11(7-5-10)14-12(15)8-9-13/h4-7H,2-3,8-9H2,1H3,(H,14,15). The van der Waals surface area contributed by atoms with Crippen LogP contribution < -0.4 is 5.32 Å². The molecule has 0 saturated carbocycles. The molecule has 0 unspecified atom stereocenters. The van der Waals surface area contributed by atoms with Gasteiger partial charge in [-0.15, -0.1) is 11.6 Å². The fraction of sp³-hybridized carbons (Fsp3) is 0.417. The van der Waals surface area contributed by atoms with Gasteiger partial charge in [-0.2, -0.15) is 0 Å². The van der Waals surface area contributed by atoms with Gasteiger partial charge in [-0.25, -0.2) is 0 Å². The van der Waals surface area contributed by atoms with Crippen LogP contribution in [0.15, 0.2) is 24.3 Å². The highest BCUT2D eigenvalue weighted by atomic mass is 35.5. The summed E-state index contributed by atoms with van der Waals surface area (Å²) in [6.45, 7) is 2.15. The molecule has 0 radical (unpaired) electrons. The minimum absolute atomic E-state index is 0.0340. The number of anilines is 1. The summed E-state index contributed by atoms with van der Waals surface area (Å²) in [6, 6.07) is 7.94. The first-order chi connectivity index (χ1) is 7.26. The number of benzene rings is 1. The molecular formula is C12H16ClNO. The van der Waals surface area contributed by atoms with Gasteiger partial charge >= 0.3 is 0 Å². The normalized spacial score (nSPS) is 10.0. The number of aryl methyl sites for hydroxylation is 1. The lowest BCUT2D eigenvalue weighted by molar-refractivity contribution is -0.115. The van der Waals surface area contributed by atoms with E-state index in [0.29, 0.717) is 12.3 Å². The van der Waals surface area contributed by atoms with Crippen molar-refractivity contribution in [3.05, 3.63) is 29.8 Å². The third-order valence-electron chi connectivity index (χ3n) is 2.10. The highest BCUT2D eigenvalue weighted by Crippen LogP contribution is 2.11. The Hall–Kier alpha value is -1.02. The average Bonchev–Trinajstić information content (AvgIpc) is 2.22. The molecule has 0 aliphatic heterocycles. The van der Waals surface area contributed by atoms with Gasteiger partial charge in [-0.3, -0.25) is 4.79 Å². The number of nitrogens with one attached hydrogen (secondary N) is 1. The minimum atomic E-state index is -0.0340. The molecule has 0 heterocycles. The zero-order chi connectivity index (χ0) is 11.1. The van der Waals surface area contributed by atoms with Crippen LogP contribution in [-0.4, -0.2) is 11.8 Å². The molecule has 0 aliphatic carbocycles. The third kappa shape index (κ3) is 4.34. The molecule has 0 aliphatic rings. The summed E-state index contributed by atoms with van der Waals surface area (Å²) in [5.74, 6) is 0.327. The maximum absolute atomic E-state index is 11.2. The zero-order valence-electron chi connectivity index (χ0n) is 8.92. The van der Waals surface area contributed by atoms with Crippen LogP contribution in [0.3, 0.4) is 0 Å². The predicted molar refractivity (Wildman–Crippen MR) is 64.4 cm³/mol. The van der Waals surface area contributed by atoms with Crippen LogP contribution in [0, 0.1) is 0 Å². The van der Waals surface area contributed by atoms with Crippen molar-refractivity contribution in [3.63, 3.8) is 0 Å². The Morgan fingerprint density at radius 3 is 2.53 bits per heavy atom. The second-order valence-electron chi connectivity index (χ2n) is 3.43. The Kier molecular flexibility index (Phi) is 5.19. The number of hydrogen-bond donors (Lipinski definition) is 1. The van der Waals surface area contributed by atoms with Crippen molar-refractivity contribution in [1.82, 2.24) is 0 Å². The van der Waals surface area contributed by atoms with Crippen molar-refractivity contribution in [3.8, 4) is 0 Å². The molecular weight excluding hydrogens is 210 g/mol. The van der Waals surface area contributed by atoms with Crippen LogP contribution >= 0.6 is 11.6 Å². The Balaban J connectivity index is 2.52. The number of hydrogen-bond acceptors (Lipinski definition) is 1. The molecule has 0 aromatic heterocycles. The van der Waals surface area contributed by atoms with Crippen LogP contribution in [0.1, 0.15) is 25.3 Å². The molecule has 1 rings (SSSR count). The van der Waals surface area contributed by atoms with Gasteiger partial charge in [-0.05, 0) is 24.1 Å². The van der Waals surface area contributed by atoms with Gasteiger partial charge < -0.3 is 5.32 Å². The van der Waals surface area contributed by atoms with Crippen LogP contribution in [0.25, 0.3) is 0 Å². The number of carbonyl (C=O) groups is 1. The first-order valence-corrected chi connectivity index (χ1v) is 5.74. The zero-order valence-corrected chi connectivity index (χ0v) is 9.68. The van der Waals surface area contributed by atoms with E-state index in [2.05, 4.69) is 12.2 Å². The van der Waals surface area contributed by atoms with Crippen molar-refractivity contribution in [2.24, 2.45) is 0 Å². The largest absolute Gasteiger partial charge is 0.326 e. The topological polar surface area (TPSA) is 29.1 Å². The van der Waals surface area contributed by atoms with Gasteiger partial charge in [0, 0.05) is 18.0 Å². The van der Waals surface area contributed by atoms with Crippen molar-refractivity contribution in [2.45, 2.75) is 26.2 Å². The van der Waals surface area contributed by atoms with Crippen molar-refractivity contribution in [1.29, 1.82) is 0 Å². The molecule has 2 nitrogen and oxygen atoms in total. The van der Waals surface area contributed by atoms with Crippen LogP contribution in [0.2, 0.25) is 0 Å². The van der Waals surface area contributed by atoms with E-state index in [1.807, 2.05) is 24.3 Å². The molecule has 0 bridgehead atoms. The second-order valence-corrected chi connectivity index (χ2v) is 3.81. The summed E-state index contributed by atoms with van der Waals surface area (Å²) < 4.78 is 0. The second kappa shape index (κ2) is 6.46. The van der Waals surface area contributed by atoms with Gasteiger partial charge in [0.1, 0.15) is 0 Å². The van der Waals surface area contributed by atoms with Crippen molar-refractivity contribution < 1.29 is 4.79 Å². The Labute approximate surface area is 95.6 Å². The maximum Gasteiger partial charge on any atom is 0.225 e. The molecule has 82 valence electrons. The van der Waals surface area contributed by atoms with Gasteiger partial charge in [-0.1, -0.05) is 25.5 Å². The summed E-state index contributed by atoms with van der Waals surface area (Å²) in [5, 5.41) is 2.79. The third-order valence-corrected chi connectivity index (χ3v) is 2.29. The predicted octanol–water partition coefficient (Wildman–Crippen LogP) is 3.21. The highest BCUT2D eigenvalue weighted by Gasteiger charge is 2.00. The number of alkyl halides is 1. The lowest BCUT2D eigenvalue weighted by atomic mass is 10.1. The minimum Gasteiger partial charge on any atom is -0.326 e. The van der Waals surface area contributed by atoms with Gasteiger partial charge in [0.15, 0.2) is 0 Å². The smallest absolute Gasteiger partial charge is 0.225 e. The Morgan fingerprint density at radius 2 is 2.00 bits per heavy atom. The molecule has 1 aromatic rings. The molecule has 0 saturated heterocycles. The Morgan fingerprint density at radius 1 is 1.33 bits per heavy atom. The first kappa shape index (κ1) is 12.1. The van der Waals surface area contributed by atoms with E-state index in [4.69, 9.17) is 11.6 Å². The fourth-order valence-electron chi connectivity index (χ4n) is 1.35. The Bertz CT molecular complexity index is 308. The van der Waals surface area contributed by atoms with Crippen LogP contribution in [-0.2, 0) is 11.2 Å². The SMILES string of the molecule is CCCc1ccc(NC(=O)CCCl)cc1. The summed E-state index contributed by atoms with van der Waals surface area (Å²) in [5.41, 5.74) is 2.14. The molecule has 1 aromatic carbocycles. The summed E-state index contributed by atoms with van der Waals surface area (Å²) in [4.78, 5) is 11.2. The molecule has 1 N–H and O–H groups in total. The van der Waals surface area contributed by atoms with E-state index >= 15 is 0 Å². The van der Waals surface area contributed by atoms with E-state index in [9.17, 15) is 4.79 Å². The van der Waals surface area contributed by atoms with Gasteiger partial charge in [0.2, 0.25) is 5.91 Å². The summed E-state index contributed by atoms with van der Waals surface area (Å²) >= 11 is 5.47. The summed E-state index contributed by atoms with van der Waals surface area (Å²) in [6.07, 6.45) is 2.58.